The molecular weight excluding hydrogens is 648 g/mol. The molecule has 5 N–H and O–H groups in total. The highest BCUT2D eigenvalue weighted by Gasteiger charge is 2.40. The molecule has 49 heavy (non-hydrogen) atoms. The van der Waals surface area contributed by atoms with Gasteiger partial charge in [0.1, 0.15) is 17.5 Å². The van der Waals surface area contributed by atoms with Crippen molar-refractivity contribution in [2.45, 2.75) is 48.1 Å². The first-order valence-corrected chi connectivity index (χ1v) is 17.0. The molecule has 2 aliphatic heterocycles. The van der Waals surface area contributed by atoms with Gasteiger partial charge in [-0.05, 0) is 68.7 Å². The Kier molecular flexibility index (Phi) is 10.6. The molecule has 2 aromatic heterocycles. The number of unbranched alkanes of at least 4 members (excludes halogenated alkanes) is 1. The van der Waals surface area contributed by atoms with Crippen LogP contribution in [0.15, 0.2) is 76.8 Å². The van der Waals surface area contributed by atoms with Crippen molar-refractivity contribution in [2.75, 3.05) is 32.8 Å². The topological polar surface area (TPSA) is 175 Å². The summed E-state index contributed by atoms with van der Waals surface area (Å²) in [4.78, 5) is 61.9. The summed E-state index contributed by atoms with van der Waals surface area (Å²) in [6.07, 6.45) is 4.09. The van der Waals surface area contributed by atoms with Crippen LogP contribution in [-0.2, 0) is 14.3 Å². The second-order valence-electron chi connectivity index (χ2n) is 12.1. The maximum atomic E-state index is 13.7. The number of nitrogens with zero attached hydrogens (tertiary/aromatic N) is 2. The van der Waals surface area contributed by atoms with Crippen LogP contribution >= 0.6 is 11.8 Å². The second-order valence-corrected chi connectivity index (χ2v) is 13.2. The van der Waals surface area contributed by atoms with Gasteiger partial charge >= 0.3 is 6.09 Å². The number of H-pyrrole nitrogens is 1. The van der Waals surface area contributed by atoms with E-state index < -0.39 is 18.0 Å². The second kappa shape index (κ2) is 15.4. The summed E-state index contributed by atoms with van der Waals surface area (Å²) in [5, 5.41) is 17.7. The lowest BCUT2D eigenvalue weighted by molar-refractivity contribution is -0.138. The van der Waals surface area contributed by atoms with Crippen LogP contribution in [0.5, 0.6) is 11.5 Å². The molecule has 4 aromatic rings. The molecule has 0 radical (unpaired) electrons. The van der Waals surface area contributed by atoms with Crippen molar-refractivity contribution in [3.63, 3.8) is 0 Å². The number of fused-ring (bicyclic) bond motifs is 3. The van der Waals surface area contributed by atoms with E-state index in [-0.39, 0.29) is 30.3 Å². The predicted molar refractivity (Wildman–Crippen MR) is 182 cm³/mol. The number of hydrogen-bond acceptors (Lipinski definition) is 8. The van der Waals surface area contributed by atoms with Gasteiger partial charge in [-0.25, -0.2) is 4.79 Å². The van der Waals surface area contributed by atoms with Gasteiger partial charge in [-0.3, -0.25) is 19.4 Å². The normalized spacial score (nSPS) is 17.0. The highest BCUT2D eigenvalue weighted by molar-refractivity contribution is 7.99. The standard InChI is InChI=1S/C35H38N6O7S/c1-21(26-15-24-17-36-12-10-25(24)40-26)39-34(44)27-14-22(20-47-13-5-4-11-37-35(45)46)19-41(27)32(42)18-38-33(43)23-8-9-31-29(16-23)48-28-6-2-3-7-30(28)49-31/h2-3,6-10,12,15-17,21-22,27,37,40H,4-5,11,13-14,18-20H2,1H3,(H,38,43)(H,39,44)(H,45,46)/t21?,22?,27-/m0/s1. The van der Waals surface area contributed by atoms with Gasteiger partial charge in [-0.15, -0.1) is 0 Å². The quantitative estimate of drug-likeness (QED) is 0.110. The molecule has 0 saturated carbocycles. The molecule has 6 rings (SSSR count). The first kappa shape index (κ1) is 33.8. The minimum atomic E-state index is -1.06. The number of benzene rings is 2. The van der Waals surface area contributed by atoms with E-state index in [0.29, 0.717) is 56.9 Å². The predicted octanol–water partition coefficient (Wildman–Crippen LogP) is 4.71. The lowest BCUT2D eigenvalue weighted by Gasteiger charge is -2.25. The zero-order chi connectivity index (χ0) is 34.3. The van der Waals surface area contributed by atoms with Gasteiger partial charge in [-0.2, -0.15) is 0 Å². The Morgan fingerprint density at radius 2 is 1.92 bits per heavy atom. The average Bonchev–Trinajstić information content (AvgIpc) is 3.74. The van der Waals surface area contributed by atoms with Crippen molar-refractivity contribution in [3.8, 4) is 11.5 Å². The summed E-state index contributed by atoms with van der Waals surface area (Å²) in [7, 11) is 0. The van der Waals surface area contributed by atoms with E-state index in [1.807, 2.05) is 49.4 Å². The molecule has 2 aliphatic rings. The molecule has 0 bridgehead atoms. The number of hydrogen-bond donors (Lipinski definition) is 5. The number of aromatic amines is 1. The summed E-state index contributed by atoms with van der Waals surface area (Å²) in [6.45, 7) is 2.99. The third kappa shape index (κ3) is 8.32. The number of pyridine rings is 1. The Morgan fingerprint density at radius 3 is 2.76 bits per heavy atom. The minimum absolute atomic E-state index is 0.0971. The lowest BCUT2D eigenvalue weighted by atomic mass is 10.1. The number of para-hydroxylation sites is 1. The third-order valence-electron chi connectivity index (χ3n) is 8.52. The Morgan fingerprint density at radius 1 is 1.08 bits per heavy atom. The Bertz CT molecular complexity index is 1810. The molecule has 2 unspecified atom stereocenters. The van der Waals surface area contributed by atoms with Crippen molar-refractivity contribution < 1.29 is 33.8 Å². The van der Waals surface area contributed by atoms with Gasteiger partial charge in [0.05, 0.1) is 29.0 Å². The van der Waals surface area contributed by atoms with E-state index in [1.165, 1.54) is 4.90 Å². The number of carbonyl (C=O) groups is 4. The van der Waals surface area contributed by atoms with Crippen molar-refractivity contribution in [1.82, 2.24) is 30.8 Å². The van der Waals surface area contributed by atoms with Crippen LogP contribution in [0.1, 0.15) is 48.3 Å². The molecule has 0 aliphatic carbocycles. The zero-order valence-electron chi connectivity index (χ0n) is 26.9. The summed E-state index contributed by atoms with van der Waals surface area (Å²) in [6, 6.07) is 15.5. The van der Waals surface area contributed by atoms with Crippen molar-refractivity contribution >= 4 is 46.5 Å². The first-order valence-electron chi connectivity index (χ1n) is 16.2. The molecule has 14 heteroatoms. The fraction of sp³-hybridized carbons (Fsp3) is 0.343. The summed E-state index contributed by atoms with van der Waals surface area (Å²) >= 11 is 1.56. The Hall–Kier alpha value is -5.08. The van der Waals surface area contributed by atoms with Gasteiger partial charge < -0.3 is 40.4 Å². The number of nitrogens with one attached hydrogen (secondary N) is 4. The monoisotopic (exact) mass is 686 g/mol. The van der Waals surface area contributed by atoms with Crippen LogP contribution in [0.4, 0.5) is 4.79 Å². The van der Waals surface area contributed by atoms with E-state index in [9.17, 15) is 19.2 Å². The summed E-state index contributed by atoms with van der Waals surface area (Å²) in [5.74, 6) is 0.0914. The van der Waals surface area contributed by atoms with Gasteiger partial charge in [-0.1, -0.05) is 23.9 Å². The molecular formula is C35H38N6O7S. The molecule has 4 amide bonds. The number of rotatable bonds is 13. The van der Waals surface area contributed by atoms with E-state index in [1.54, 1.807) is 36.3 Å². The molecule has 3 atom stereocenters. The van der Waals surface area contributed by atoms with Crippen molar-refractivity contribution in [1.29, 1.82) is 0 Å². The molecule has 0 spiro atoms. The molecule has 1 saturated heterocycles. The van der Waals surface area contributed by atoms with E-state index in [4.69, 9.17) is 14.6 Å². The highest BCUT2D eigenvalue weighted by Crippen LogP contribution is 2.46. The number of carbonyl (C=O) groups excluding carboxylic acids is 3. The number of amides is 4. The Balaban J connectivity index is 1.07. The maximum Gasteiger partial charge on any atom is 0.404 e. The van der Waals surface area contributed by atoms with E-state index in [2.05, 4.69) is 25.9 Å². The van der Waals surface area contributed by atoms with Crippen LogP contribution in [0, 0.1) is 5.92 Å². The molecule has 4 heterocycles. The minimum Gasteiger partial charge on any atom is -0.465 e. The molecule has 256 valence electrons. The Labute approximate surface area is 287 Å². The van der Waals surface area contributed by atoms with Crippen LogP contribution in [0.3, 0.4) is 0 Å². The first-order chi connectivity index (χ1) is 23.7. The van der Waals surface area contributed by atoms with Crippen LogP contribution in [0.2, 0.25) is 0 Å². The largest absolute Gasteiger partial charge is 0.465 e. The number of carboxylic acid groups (broad SMARTS) is 1. The third-order valence-corrected chi connectivity index (χ3v) is 9.63. The van der Waals surface area contributed by atoms with Crippen LogP contribution in [0.25, 0.3) is 10.9 Å². The van der Waals surface area contributed by atoms with Crippen LogP contribution < -0.4 is 20.7 Å². The summed E-state index contributed by atoms with van der Waals surface area (Å²) in [5.41, 5.74) is 2.08. The van der Waals surface area contributed by atoms with Crippen molar-refractivity contribution in [2.24, 2.45) is 5.92 Å². The smallest absolute Gasteiger partial charge is 0.404 e. The number of likely N-dealkylation sites (tertiary alicyclic amines) is 1. The van der Waals surface area contributed by atoms with Gasteiger partial charge in [0.15, 0.2) is 0 Å². The molecule has 13 nitrogen and oxygen atoms in total. The average molecular weight is 687 g/mol. The number of aromatic nitrogens is 2. The fourth-order valence-corrected chi connectivity index (χ4v) is 6.92. The SMILES string of the molecule is CC(NC(=O)[C@@H]1CC(COCCCCNC(=O)O)CN1C(=O)CNC(=O)c1ccc2c(c1)Oc1ccccc1S2)c1cc2cnccc2[nH]1. The van der Waals surface area contributed by atoms with Gasteiger partial charge in [0, 0.05) is 60.2 Å². The summed E-state index contributed by atoms with van der Waals surface area (Å²) < 4.78 is 11.9. The van der Waals surface area contributed by atoms with Crippen molar-refractivity contribution in [3.05, 3.63) is 78.2 Å². The fourth-order valence-electron chi connectivity index (χ4n) is 5.99. The van der Waals surface area contributed by atoms with Gasteiger partial charge in [0.25, 0.3) is 5.91 Å². The lowest BCUT2D eigenvalue weighted by Crippen LogP contribution is -2.49. The maximum absolute atomic E-state index is 13.7. The van der Waals surface area contributed by atoms with E-state index in [0.717, 1.165) is 32.1 Å². The highest BCUT2D eigenvalue weighted by atomic mass is 32.2. The van der Waals surface area contributed by atoms with Gasteiger partial charge in [0.2, 0.25) is 11.8 Å². The molecule has 1 fully saturated rings. The zero-order valence-corrected chi connectivity index (χ0v) is 27.8. The van der Waals surface area contributed by atoms with Crippen LogP contribution in [-0.4, -0.2) is 82.7 Å². The van der Waals surface area contributed by atoms with E-state index >= 15 is 0 Å². The molecule has 2 aromatic carbocycles. The number of ether oxygens (including phenoxy) is 2.